The monoisotopic (exact) mass is 468 g/mol. The molecule has 7 nitrogen and oxygen atoms in total. The predicted molar refractivity (Wildman–Crippen MR) is 139 cm³/mol. The normalized spacial score (nSPS) is 10.7. The average Bonchev–Trinajstić information content (AvgIpc) is 3.24. The number of benzene rings is 3. The van der Waals surface area contributed by atoms with E-state index in [4.69, 9.17) is 0 Å². The van der Waals surface area contributed by atoms with Gasteiger partial charge < -0.3 is 20.1 Å². The molecule has 0 saturated carbocycles. The molecule has 0 fully saturated rings. The summed E-state index contributed by atoms with van der Waals surface area (Å²) in [5.74, 6) is -1.42. The number of likely N-dealkylation sites (N-methyl/N-ethyl adjacent to an activating group) is 1. The Bertz CT molecular complexity index is 1340. The number of para-hydroxylation sites is 2. The van der Waals surface area contributed by atoms with E-state index in [0.717, 1.165) is 16.9 Å². The summed E-state index contributed by atoms with van der Waals surface area (Å²) < 4.78 is 1.74. The molecule has 7 heteroatoms. The van der Waals surface area contributed by atoms with Gasteiger partial charge in [-0.3, -0.25) is 14.4 Å². The molecule has 35 heavy (non-hydrogen) atoms. The third kappa shape index (κ3) is 5.41. The lowest BCUT2D eigenvalue weighted by Gasteiger charge is -2.19. The Labute approximate surface area is 204 Å². The molecule has 0 aliphatic carbocycles. The number of carbonyl (C=O) groups excluding carboxylic acids is 3. The van der Waals surface area contributed by atoms with E-state index in [2.05, 4.69) is 10.6 Å². The van der Waals surface area contributed by atoms with Gasteiger partial charge >= 0.3 is 0 Å². The van der Waals surface area contributed by atoms with E-state index in [9.17, 15) is 14.4 Å². The van der Waals surface area contributed by atoms with Gasteiger partial charge in [0.05, 0.1) is 5.56 Å². The van der Waals surface area contributed by atoms with Crippen LogP contribution < -0.4 is 10.6 Å². The van der Waals surface area contributed by atoms with Crippen LogP contribution >= 0.6 is 0 Å². The number of ketones is 1. The Morgan fingerprint density at radius 1 is 0.771 bits per heavy atom. The first-order chi connectivity index (χ1) is 17.0. The third-order valence-electron chi connectivity index (χ3n) is 5.87. The Balaban J connectivity index is 1.50. The zero-order valence-corrected chi connectivity index (χ0v) is 19.8. The lowest BCUT2D eigenvalue weighted by molar-refractivity contribution is -0.131. The second kappa shape index (κ2) is 10.7. The van der Waals surface area contributed by atoms with Crippen LogP contribution in [-0.2, 0) is 16.1 Å². The average molecular weight is 469 g/mol. The number of nitrogens with one attached hydrogen (secondary N) is 2. The molecule has 3 aromatic carbocycles. The number of amides is 2. The van der Waals surface area contributed by atoms with Crippen molar-refractivity contribution in [1.29, 1.82) is 0 Å². The molecule has 1 heterocycles. The Kier molecular flexibility index (Phi) is 7.26. The number of hydrogen-bond donors (Lipinski definition) is 2. The Hall–Kier alpha value is -4.39. The highest BCUT2D eigenvalue weighted by atomic mass is 16.2. The fourth-order valence-electron chi connectivity index (χ4n) is 4.02. The first kappa shape index (κ1) is 23.8. The number of rotatable bonds is 9. The number of aromatic nitrogens is 1. The van der Waals surface area contributed by atoms with Crippen LogP contribution in [0.3, 0.4) is 0 Å². The molecule has 178 valence electrons. The molecular weight excluding hydrogens is 440 g/mol. The van der Waals surface area contributed by atoms with E-state index in [1.165, 1.54) is 0 Å². The van der Waals surface area contributed by atoms with Crippen molar-refractivity contribution >= 4 is 45.6 Å². The maximum Gasteiger partial charge on any atom is 0.296 e. The number of Topliss-reactive ketones (excluding diaryl/α,β-unsaturated/α-hetero) is 1. The van der Waals surface area contributed by atoms with E-state index in [1.807, 2.05) is 74.5 Å². The van der Waals surface area contributed by atoms with Crippen LogP contribution in [0.1, 0.15) is 24.2 Å². The minimum absolute atomic E-state index is 0.0385. The first-order valence-corrected chi connectivity index (χ1v) is 11.6. The predicted octanol–water partition coefficient (Wildman–Crippen LogP) is 5.07. The number of carbonyl (C=O) groups is 3. The van der Waals surface area contributed by atoms with Crippen LogP contribution in [0.2, 0.25) is 0 Å². The first-order valence-electron chi connectivity index (χ1n) is 11.6. The van der Waals surface area contributed by atoms with E-state index in [1.54, 1.807) is 33.9 Å². The second-order valence-electron chi connectivity index (χ2n) is 8.11. The summed E-state index contributed by atoms with van der Waals surface area (Å²) in [7, 11) is 0. The largest absolute Gasteiger partial charge is 0.356 e. The fraction of sp³-hybridized carbons (Fsp3) is 0.179. The zero-order chi connectivity index (χ0) is 24.8. The number of hydrogen-bond acceptors (Lipinski definition) is 4. The molecular formula is C28H28N4O3. The smallest absolute Gasteiger partial charge is 0.296 e. The van der Waals surface area contributed by atoms with Gasteiger partial charge in [0.15, 0.2) is 0 Å². The van der Waals surface area contributed by atoms with Crippen molar-refractivity contribution < 1.29 is 14.4 Å². The Morgan fingerprint density at radius 2 is 1.37 bits per heavy atom. The maximum absolute atomic E-state index is 13.1. The van der Waals surface area contributed by atoms with Crippen LogP contribution in [-0.4, -0.2) is 40.2 Å². The molecule has 4 rings (SSSR count). The summed E-state index contributed by atoms with van der Waals surface area (Å²) >= 11 is 0. The summed E-state index contributed by atoms with van der Waals surface area (Å²) in [6.07, 6.45) is 1.60. The minimum Gasteiger partial charge on any atom is -0.356 e. The van der Waals surface area contributed by atoms with Gasteiger partial charge in [-0.2, -0.15) is 0 Å². The van der Waals surface area contributed by atoms with Crippen LogP contribution in [0.15, 0.2) is 85.1 Å². The van der Waals surface area contributed by atoms with Crippen LogP contribution in [0, 0.1) is 0 Å². The zero-order valence-electron chi connectivity index (χ0n) is 19.8. The molecule has 0 bridgehead atoms. The van der Waals surface area contributed by atoms with E-state index in [-0.39, 0.29) is 18.0 Å². The molecule has 0 spiro atoms. The van der Waals surface area contributed by atoms with Gasteiger partial charge in [-0.05, 0) is 56.3 Å². The van der Waals surface area contributed by atoms with Crippen molar-refractivity contribution in [3.63, 3.8) is 0 Å². The number of nitrogens with zero attached hydrogens (tertiary/aromatic N) is 2. The molecule has 0 saturated heterocycles. The summed E-state index contributed by atoms with van der Waals surface area (Å²) in [5, 5.41) is 6.60. The van der Waals surface area contributed by atoms with E-state index < -0.39 is 11.7 Å². The van der Waals surface area contributed by atoms with E-state index in [0.29, 0.717) is 24.2 Å². The Morgan fingerprint density at radius 3 is 2.06 bits per heavy atom. The van der Waals surface area contributed by atoms with Crippen molar-refractivity contribution in [2.45, 2.75) is 20.4 Å². The molecule has 2 amide bonds. The summed E-state index contributed by atoms with van der Waals surface area (Å²) in [6.45, 7) is 5.19. The standard InChI is InChI=1S/C28H28N4O3/c1-3-31(4-2)26(33)19-32-18-24(23-12-8-9-13-25(23)32)27(34)28(35)30-22-16-14-21(15-17-22)29-20-10-6-5-7-11-20/h5-18,29H,3-4,19H2,1-2H3,(H,30,35). The van der Waals surface area contributed by atoms with E-state index >= 15 is 0 Å². The van der Waals surface area contributed by atoms with Crippen LogP contribution in [0.25, 0.3) is 10.9 Å². The van der Waals surface area contributed by atoms with Gasteiger partial charge in [0, 0.05) is 47.3 Å². The third-order valence-corrected chi connectivity index (χ3v) is 5.87. The van der Waals surface area contributed by atoms with Gasteiger partial charge in [-0.1, -0.05) is 36.4 Å². The number of anilines is 3. The highest BCUT2D eigenvalue weighted by Crippen LogP contribution is 2.23. The molecule has 0 atom stereocenters. The van der Waals surface area contributed by atoms with Crippen molar-refractivity contribution in [3.8, 4) is 0 Å². The van der Waals surface area contributed by atoms with Crippen molar-refractivity contribution in [2.75, 3.05) is 23.7 Å². The highest BCUT2D eigenvalue weighted by Gasteiger charge is 2.23. The summed E-state index contributed by atoms with van der Waals surface area (Å²) in [5.41, 5.74) is 3.34. The van der Waals surface area contributed by atoms with Crippen molar-refractivity contribution in [1.82, 2.24) is 9.47 Å². The molecule has 4 aromatic rings. The van der Waals surface area contributed by atoms with Gasteiger partial charge in [0.1, 0.15) is 6.54 Å². The van der Waals surface area contributed by atoms with Gasteiger partial charge in [0.2, 0.25) is 5.91 Å². The lowest BCUT2D eigenvalue weighted by Crippen LogP contribution is -2.33. The summed E-state index contributed by atoms with van der Waals surface area (Å²) in [4.78, 5) is 40.3. The molecule has 0 radical (unpaired) electrons. The SMILES string of the molecule is CCN(CC)C(=O)Cn1cc(C(=O)C(=O)Nc2ccc(Nc3ccccc3)cc2)c2ccccc21. The van der Waals surface area contributed by atoms with Gasteiger partial charge in [-0.15, -0.1) is 0 Å². The van der Waals surface area contributed by atoms with Gasteiger partial charge in [-0.25, -0.2) is 0 Å². The minimum atomic E-state index is -0.730. The fourth-order valence-corrected chi connectivity index (χ4v) is 4.02. The molecule has 0 unspecified atom stereocenters. The van der Waals surface area contributed by atoms with Crippen molar-refractivity contribution in [3.05, 3.63) is 90.6 Å². The summed E-state index contributed by atoms with van der Waals surface area (Å²) in [6, 6.07) is 24.2. The van der Waals surface area contributed by atoms with Crippen LogP contribution in [0.5, 0.6) is 0 Å². The van der Waals surface area contributed by atoms with Gasteiger partial charge in [0.25, 0.3) is 11.7 Å². The quantitative estimate of drug-likeness (QED) is 0.265. The maximum atomic E-state index is 13.1. The highest BCUT2D eigenvalue weighted by molar-refractivity contribution is 6.48. The molecule has 0 aliphatic heterocycles. The topological polar surface area (TPSA) is 83.4 Å². The lowest BCUT2D eigenvalue weighted by atomic mass is 10.1. The second-order valence-corrected chi connectivity index (χ2v) is 8.11. The molecule has 2 N–H and O–H groups in total. The molecule has 1 aromatic heterocycles. The number of fused-ring (bicyclic) bond motifs is 1. The van der Waals surface area contributed by atoms with Crippen molar-refractivity contribution in [2.24, 2.45) is 0 Å². The molecule has 0 aliphatic rings. The van der Waals surface area contributed by atoms with Crippen LogP contribution in [0.4, 0.5) is 17.1 Å².